The third-order valence-corrected chi connectivity index (χ3v) is 3.05. The Morgan fingerprint density at radius 2 is 1.85 bits per heavy atom. The van der Waals surface area contributed by atoms with Crippen LogP contribution in [0.25, 0.3) is 0 Å². The molecule has 0 aliphatic heterocycles. The Kier molecular flexibility index (Phi) is 11.8. The zero-order valence-corrected chi connectivity index (χ0v) is 13.7. The Labute approximate surface area is 124 Å². The molecule has 0 aromatic heterocycles. The monoisotopic (exact) mass is 284 g/mol. The fourth-order valence-electron chi connectivity index (χ4n) is 1.81. The van der Waals surface area contributed by atoms with Crippen LogP contribution in [0.1, 0.15) is 53.4 Å². The molecule has 0 aromatic rings. The molecule has 0 heterocycles. The Morgan fingerprint density at radius 1 is 1.15 bits per heavy atom. The van der Waals surface area contributed by atoms with Crippen LogP contribution in [-0.4, -0.2) is 38.5 Å². The predicted molar refractivity (Wildman–Crippen MR) is 82.6 cm³/mol. The average Bonchev–Trinajstić information content (AvgIpc) is 2.43. The highest BCUT2D eigenvalue weighted by atomic mass is 16.5. The summed E-state index contributed by atoms with van der Waals surface area (Å²) in [5.41, 5.74) is -0.392. The van der Waals surface area contributed by atoms with E-state index in [1.54, 1.807) is 0 Å². The number of rotatable bonds is 13. The molecule has 0 aromatic carbocycles. The summed E-state index contributed by atoms with van der Waals surface area (Å²) < 4.78 is 11.0. The summed E-state index contributed by atoms with van der Waals surface area (Å²) in [6, 6.07) is 2.37. The van der Waals surface area contributed by atoms with Gasteiger partial charge in [0, 0.05) is 13.2 Å². The summed E-state index contributed by atoms with van der Waals surface area (Å²) in [7, 11) is 0. The van der Waals surface area contributed by atoms with Crippen molar-refractivity contribution in [3.05, 3.63) is 0 Å². The summed E-state index contributed by atoms with van der Waals surface area (Å²) in [6.45, 7) is 12.1. The number of nitrogens with one attached hydrogen (secondary N) is 1. The average molecular weight is 284 g/mol. The lowest BCUT2D eigenvalue weighted by atomic mass is 9.96. The van der Waals surface area contributed by atoms with Gasteiger partial charge in [0.15, 0.2) is 0 Å². The molecule has 1 atom stereocenters. The molecule has 0 saturated carbocycles. The zero-order chi connectivity index (χ0) is 15.3. The molecule has 0 amide bonds. The number of unbranched alkanes of at least 4 members (excludes halogenated alkanes) is 1. The van der Waals surface area contributed by atoms with Gasteiger partial charge in [-0.15, -0.1) is 0 Å². The van der Waals surface area contributed by atoms with Gasteiger partial charge in [0.05, 0.1) is 19.3 Å². The zero-order valence-electron chi connectivity index (χ0n) is 13.7. The molecule has 0 fully saturated rings. The molecule has 20 heavy (non-hydrogen) atoms. The van der Waals surface area contributed by atoms with Gasteiger partial charge in [-0.3, -0.25) is 5.32 Å². The molecule has 0 saturated heterocycles. The fraction of sp³-hybridized carbons (Fsp3) is 0.938. The first kappa shape index (κ1) is 19.4. The van der Waals surface area contributed by atoms with Crippen LogP contribution >= 0.6 is 0 Å². The third-order valence-electron chi connectivity index (χ3n) is 3.05. The minimum Gasteiger partial charge on any atom is -0.379 e. The van der Waals surface area contributed by atoms with Gasteiger partial charge in [0.2, 0.25) is 0 Å². The van der Waals surface area contributed by atoms with E-state index < -0.39 is 5.54 Å². The van der Waals surface area contributed by atoms with Crippen LogP contribution in [0, 0.1) is 17.2 Å². The molecule has 0 bridgehead atoms. The molecule has 0 rings (SSSR count). The Balaban J connectivity index is 3.44. The molecule has 0 aliphatic rings. The topological polar surface area (TPSA) is 54.3 Å². The van der Waals surface area contributed by atoms with E-state index in [0.29, 0.717) is 19.1 Å². The molecule has 1 unspecified atom stereocenters. The Hall–Kier alpha value is -0.630. The fourth-order valence-corrected chi connectivity index (χ4v) is 1.81. The summed E-state index contributed by atoms with van der Waals surface area (Å²) in [6.07, 6.45) is 3.93. The SMILES string of the molecule is CCCNC(C)(C#N)CCCCOCCOCC(C)C. The molecule has 0 radical (unpaired) electrons. The van der Waals surface area contributed by atoms with Crippen molar-refractivity contribution in [3.8, 4) is 6.07 Å². The third kappa shape index (κ3) is 11.2. The van der Waals surface area contributed by atoms with Crippen LogP contribution in [0.4, 0.5) is 0 Å². The molecule has 0 spiro atoms. The highest BCUT2D eigenvalue weighted by Crippen LogP contribution is 2.12. The van der Waals surface area contributed by atoms with Crippen LogP contribution < -0.4 is 5.32 Å². The normalized spacial score (nSPS) is 14.2. The van der Waals surface area contributed by atoms with Gasteiger partial charge in [0.1, 0.15) is 5.54 Å². The van der Waals surface area contributed by atoms with Crippen molar-refractivity contribution in [2.24, 2.45) is 5.92 Å². The molecule has 4 nitrogen and oxygen atoms in total. The lowest BCUT2D eigenvalue weighted by molar-refractivity contribution is 0.0363. The van der Waals surface area contributed by atoms with Gasteiger partial charge in [-0.25, -0.2) is 0 Å². The molecular formula is C16H32N2O2. The van der Waals surface area contributed by atoms with Crippen molar-refractivity contribution in [2.75, 3.05) is 33.0 Å². The lowest BCUT2D eigenvalue weighted by Crippen LogP contribution is -2.41. The van der Waals surface area contributed by atoms with Gasteiger partial charge >= 0.3 is 0 Å². The molecule has 118 valence electrons. The maximum absolute atomic E-state index is 9.20. The maximum atomic E-state index is 9.20. The van der Waals surface area contributed by atoms with Crippen molar-refractivity contribution in [3.63, 3.8) is 0 Å². The molecule has 0 aliphatic carbocycles. The van der Waals surface area contributed by atoms with Gasteiger partial charge in [-0.05, 0) is 45.1 Å². The van der Waals surface area contributed by atoms with Crippen LogP contribution in [0.5, 0.6) is 0 Å². The first-order chi connectivity index (χ1) is 9.54. The van der Waals surface area contributed by atoms with Crippen molar-refractivity contribution in [2.45, 2.75) is 58.9 Å². The second kappa shape index (κ2) is 12.1. The van der Waals surface area contributed by atoms with Crippen molar-refractivity contribution in [1.29, 1.82) is 5.26 Å². The first-order valence-electron chi connectivity index (χ1n) is 7.86. The van der Waals surface area contributed by atoms with E-state index in [1.165, 1.54) is 0 Å². The van der Waals surface area contributed by atoms with E-state index in [2.05, 4.69) is 32.2 Å². The number of hydrogen-bond donors (Lipinski definition) is 1. The number of nitriles is 1. The van der Waals surface area contributed by atoms with Gasteiger partial charge in [-0.1, -0.05) is 20.8 Å². The van der Waals surface area contributed by atoms with E-state index in [1.807, 2.05) is 6.92 Å². The molecule has 1 N–H and O–H groups in total. The van der Waals surface area contributed by atoms with E-state index in [-0.39, 0.29) is 0 Å². The van der Waals surface area contributed by atoms with Crippen LogP contribution in [0.15, 0.2) is 0 Å². The maximum Gasteiger partial charge on any atom is 0.103 e. The van der Waals surface area contributed by atoms with Gasteiger partial charge in [-0.2, -0.15) is 5.26 Å². The van der Waals surface area contributed by atoms with Crippen LogP contribution in [0.2, 0.25) is 0 Å². The molecular weight excluding hydrogens is 252 g/mol. The lowest BCUT2D eigenvalue weighted by Gasteiger charge is -2.22. The summed E-state index contributed by atoms with van der Waals surface area (Å²) in [5.74, 6) is 0.578. The highest BCUT2D eigenvalue weighted by molar-refractivity contribution is 5.03. The van der Waals surface area contributed by atoms with E-state index in [9.17, 15) is 5.26 Å². The van der Waals surface area contributed by atoms with Crippen LogP contribution in [-0.2, 0) is 9.47 Å². The first-order valence-corrected chi connectivity index (χ1v) is 7.86. The Morgan fingerprint density at radius 3 is 2.45 bits per heavy atom. The quantitative estimate of drug-likeness (QED) is 0.528. The number of ether oxygens (including phenoxy) is 2. The predicted octanol–water partition coefficient (Wildman–Crippen LogP) is 3.13. The second-order valence-corrected chi connectivity index (χ2v) is 5.91. The van der Waals surface area contributed by atoms with Gasteiger partial charge < -0.3 is 9.47 Å². The number of hydrogen-bond acceptors (Lipinski definition) is 4. The highest BCUT2D eigenvalue weighted by Gasteiger charge is 2.21. The smallest absolute Gasteiger partial charge is 0.103 e. The van der Waals surface area contributed by atoms with E-state index in [0.717, 1.165) is 45.4 Å². The largest absolute Gasteiger partial charge is 0.379 e. The standard InChI is InChI=1S/C16H32N2O2/c1-5-9-18-16(4,14-17)8-6-7-10-19-11-12-20-13-15(2)3/h15,18H,5-13H2,1-4H3. The van der Waals surface area contributed by atoms with Gasteiger partial charge in [0.25, 0.3) is 0 Å². The van der Waals surface area contributed by atoms with Crippen molar-refractivity contribution in [1.82, 2.24) is 5.32 Å². The minimum absolute atomic E-state index is 0.392. The van der Waals surface area contributed by atoms with Crippen molar-refractivity contribution >= 4 is 0 Å². The van der Waals surface area contributed by atoms with E-state index >= 15 is 0 Å². The summed E-state index contributed by atoms with van der Waals surface area (Å²) >= 11 is 0. The minimum atomic E-state index is -0.392. The van der Waals surface area contributed by atoms with E-state index in [4.69, 9.17) is 9.47 Å². The van der Waals surface area contributed by atoms with Crippen molar-refractivity contribution < 1.29 is 9.47 Å². The Bertz CT molecular complexity index is 264. The molecule has 4 heteroatoms. The number of nitrogens with zero attached hydrogens (tertiary/aromatic N) is 1. The summed E-state index contributed by atoms with van der Waals surface area (Å²) in [4.78, 5) is 0. The second-order valence-electron chi connectivity index (χ2n) is 5.91. The van der Waals surface area contributed by atoms with Crippen LogP contribution in [0.3, 0.4) is 0 Å². The summed E-state index contributed by atoms with van der Waals surface area (Å²) in [5, 5.41) is 12.5.